The van der Waals surface area contributed by atoms with E-state index in [0.29, 0.717) is 11.3 Å². The second-order valence-electron chi connectivity index (χ2n) is 6.88. The topological polar surface area (TPSA) is 80.6 Å². The Morgan fingerprint density at radius 2 is 1.73 bits per heavy atom. The molecule has 154 valence electrons. The van der Waals surface area contributed by atoms with Gasteiger partial charge in [0.25, 0.3) is 11.8 Å². The van der Waals surface area contributed by atoms with Crippen LogP contribution in [-0.4, -0.2) is 17.9 Å². The van der Waals surface area contributed by atoms with E-state index in [1.54, 1.807) is 42.5 Å². The number of rotatable bonds is 8. The number of benzene rings is 2. The molecule has 0 unspecified atom stereocenters. The Kier molecular flexibility index (Phi) is 7.05. The van der Waals surface area contributed by atoms with Gasteiger partial charge in [-0.05, 0) is 61.9 Å². The lowest BCUT2D eigenvalue weighted by Gasteiger charge is -2.12. The Morgan fingerprint density at radius 1 is 1.00 bits per heavy atom. The largest absolute Gasteiger partial charge is 0.491 e. The van der Waals surface area contributed by atoms with Crippen LogP contribution in [0.1, 0.15) is 35.5 Å². The average molecular weight is 404 g/mol. The molecule has 3 aromatic rings. The van der Waals surface area contributed by atoms with E-state index in [9.17, 15) is 9.59 Å². The van der Waals surface area contributed by atoms with Crippen molar-refractivity contribution in [2.24, 2.45) is 0 Å². The van der Waals surface area contributed by atoms with Crippen LogP contribution in [0.2, 0.25) is 0 Å². The van der Waals surface area contributed by atoms with Gasteiger partial charge < -0.3 is 19.8 Å². The summed E-state index contributed by atoms with van der Waals surface area (Å²) in [6.45, 7) is 4.12. The molecule has 2 aromatic carbocycles. The third-order valence-electron chi connectivity index (χ3n) is 4.09. The summed E-state index contributed by atoms with van der Waals surface area (Å²) < 4.78 is 10.9. The van der Waals surface area contributed by atoms with Gasteiger partial charge in [0.05, 0.1) is 18.9 Å². The van der Waals surface area contributed by atoms with Gasteiger partial charge in [-0.1, -0.05) is 30.3 Å². The number of furan rings is 1. The standard InChI is InChI=1S/C24H24N2O4/c1-17(2)30-20-12-10-18(11-13-20)15-22(24(28)25-16-21-9-6-14-29-21)26-23(27)19-7-4-3-5-8-19/h3-15,17H,16H2,1-2H3,(H,25,28)(H,26,27). The third-order valence-corrected chi connectivity index (χ3v) is 4.09. The van der Waals surface area contributed by atoms with Crippen molar-refractivity contribution in [2.75, 3.05) is 0 Å². The van der Waals surface area contributed by atoms with E-state index in [4.69, 9.17) is 9.15 Å². The normalized spacial score (nSPS) is 11.2. The Labute approximate surface area is 175 Å². The van der Waals surface area contributed by atoms with Crippen LogP contribution < -0.4 is 15.4 Å². The maximum Gasteiger partial charge on any atom is 0.268 e. The highest BCUT2D eigenvalue weighted by molar-refractivity contribution is 6.05. The Balaban J connectivity index is 1.79. The fourth-order valence-corrected chi connectivity index (χ4v) is 2.70. The van der Waals surface area contributed by atoms with E-state index in [0.717, 1.165) is 11.3 Å². The van der Waals surface area contributed by atoms with Crippen LogP contribution in [0.3, 0.4) is 0 Å². The third kappa shape index (κ3) is 6.10. The predicted octanol–water partition coefficient (Wildman–Crippen LogP) is 4.15. The molecule has 3 rings (SSSR count). The molecule has 2 amide bonds. The minimum Gasteiger partial charge on any atom is -0.491 e. The first-order valence-corrected chi connectivity index (χ1v) is 9.66. The summed E-state index contributed by atoms with van der Waals surface area (Å²) in [5.74, 6) is 0.569. The lowest BCUT2D eigenvalue weighted by Crippen LogP contribution is -2.34. The van der Waals surface area contributed by atoms with Crippen molar-refractivity contribution in [3.05, 3.63) is 95.6 Å². The van der Waals surface area contributed by atoms with Gasteiger partial charge in [0.1, 0.15) is 17.2 Å². The van der Waals surface area contributed by atoms with E-state index in [1.807, 2.05) is 44.2 Å². The Morgan fingerprint density at radius 3 is 2.37 bits per heavy atom. The van der Waals surface area contributed by atoms with E-state index in [2.05, 4.69) is 10.6 Å². The molecule has 0 spiro atoms. The summed E-state index contributed by atoms with van der Waals surface area (Å²) in [6, 6.07) is 19.5. The highest BCUT2D eigenvalue weighted by atomic mass is 16.5. The first-order valence-electron chi connectivity index (χ1n) is 9.66. The lowest BCUT2D eigenvalue weighted by atomic mass is 10.1. The molecule has 2 N–H and O–H groups in total. The van der Waals surface area contributed by atoms with Crippen molar-refractivity contribution >= 4 is 17.9 Å². The second-order valence-corrected chi connectivity index (χ2v) is 6.88. The number of hydrogen-bond donors (Lipinski definition) is 2. The zero-order chi connectivity index (χ0) is 21.3. The highest BCUT2D eigenvalue weighted by Crippen LogP contribution is 2.16. The molecule has 30 heavy (non-hydrogen) atoms. The minimum atomic E-state index is -0.418. The second kappa shape index (κ2) is 10.1. The van der Waals surface area contributed by atoms with Crippen LogP contribution in [0.25, 0.3) is 6.08 Å². The van der Waals surface area contributed by atoms with Crippen molar-refractivity contribution in [1.82, 2.24) is 10.6 Å². The van der Waals surface area contributed by atoms with Gasteiger partial charge in [-0.25, -0.2) is 0 Å². The average Bonchev–Trinajstić information content (AvgIpc) is 3.27. The number of carbonyl (C=O) groups excluding carboxylic acids is 2. The highest BCUT2D eigenvalue weighted by Gasteiger charge is 2.15. The first kappa shape index (κ1) is 20.9. The zero-order valence-electron chi connectivity index (χ0n) is 16.9. The van der Waals surface area contributed by atoms with Gasteiger partial charge >= 0.3 is 0 Å². The molecule has 0 atom stereocenters. The van der Waals surface area contributed by atoms with Gasteiger partial charge in [-0.15, -0.1) is 0 Å². The smallest absolute Gasteiger partial charge is 0.268 e. The number of nitrogens with one attached hydrogen (secondary N) is 2. The van der Waals surface area contributed by atoms with E-state index in [1.165, 1.54) is 6.26 Å². The van der Waals surface area contributed by atoms with Crippen LogP contribution in [0, 0.1) is 0 Å². The van der Waals surface area contributed by atoms with Crippen LogP contribution >= 0.6 is 0 Å². The summed E-state index contributed by atoms with van der Waals surface area (Å²) in [6.07, 6.45) is 3.23. The van der Waals surface area contributed by atoms with Gasteiger partial charge in [0.2, 0.25) is 0 Å². The molecule has 0 aliphatic heterocycles. The summed E-state index contributed by atoms with van der Waals surface area (Å²) in [5.41, 5.74) is 1.35. The summed E-state index contributed by atoms with van der Waals surface area (Å²) in [7, 11) is 0. The lowest BCUT2D eigenvalue weighted by molar-refractivity contribution is -0.118. The van der Waals surface area contributed by atoms with E-state index >= 15 is 0 Å². The maximum absolute atomic E-state index is 12.8. The molecule has 0 saturated carbocycles. The van der Waals surface area contributed by atoms with E-state index < -0.39 is 5.91 Å². The van der Waals surface area contributed by atoms with Crippen molar-refractivity contribution in [2.45, 2.75) is 26.5 Å². The summed E-state index contributed by atoms with van der Waals surface area (Å²) >= 11 is 0. The Bertz CT molecular complexity index is 991. The number of hydrogen-bond acceptors (Lipinski definition) is 4. The van der Waals surface area contributed by atoms with Gasteiger partial charge in [0, 0.05) is 5.56 Å². The van der Waals surface area contributed by atoms with Gasteiger partial charge in [0.15, 0.2) is 0 Å². The fraction of sp³-hybridized carbons (Fsp3) is 0.167. The number of carbonyl (C=O) groups is 2. The van der Waals surface area contributed by atoms with Crippen LogP contribution in [0.5, 0.6) is 5.75 Å². The molecule has 1 heterocycles. The Hall–Kier alpha value is -3.80. The molecule has 1 aromatic heterocycles. The molecule has 0 bridgehead atoms. The van der Waals surface area contributed by atoms with E-state index in [-0.39, 0.29) is 24.3 Å². The summed E-state index contributed by atoms with van der Waals surface area (Å²) in [4.78, 5) is 25.3. The zero-order valence-corrected chi connectivity index (χ0v) is 16.9. The molecule has 0 radical (unpaired) electrons. The minimum absolute atomic E-state index is 0.0690. The predicted molar refractivity (Wildman–Crippen MR) is 115 cm³/mol. The van der Waals surface area contributed by atoms with Crippen molar-refractivity contribution in [3.8, 4) is 5.75 Å². The van der Waals surface area contributed by atoms with Crippen LogP contribution in [0.4, 0.5) is 0 Å². The SMILES string of the molecule is CC(C)Oc1ccc(C=C(NC(=O)c2ccccc2)C(=O)NCc2ccco2)cc1. The molecule has 0 aliphatic rings. The molecule has 6 heteroatoms. The molecule has 0 fully saturated rings. The number of ether oxygens (including phenoxy) is 1. The monoisotopic (exact) mass is 404 g/mol. The van der Waals surface area contributed by atoms with Crippen LogP contribution in [-0.2, 0) is 11.3 Å². The fourth-order valence-electron chi connectivity index (χ4n) is 2.70. The van der Waals surface area contributed by atoms with Crippen molar-refractivity contribution in [1.29, 1.82) is 0 Å². The molecule has 0 saturated heterocycles. The first-order chi connectivity index (χ1) is 14.5. The maximum atomic E-state index is 12.8. The van der Waals surface area contributed by atoms with Gasteiger partial charge in [-0.3, -0.25) is 9.59 Å². The molecular formula is C24H24N2O4. The van der Waals surface area contributed by atoms with Gasteiger partial charge in [-0.2, -0.15) is 0 Å². The summed E-state index contributed by atoms with van der Waals surface area (Å²) in [5, 5.41) is 5.47. The van der Waals surface area contributed by atoms with Crippen LogP contribution in [0.15, 0.2) is 83.1 Å². The quantitative estimate of drug-likeness (QED) is 0.553. The van der Waals surface area contributed by atoms with Crippen molar-refractivity contribution in [3.63, 3.8) is 0 Å². The molecule has 0 aliphatic carbocycles. The molecule has 6 nitrogen and oxygen atoms in total. The van der Waals surface area contributed by atoms with Crippen molar-refractivity contribution < 1.29 is 18.7 Å². The molecular weight excluding hydrogens is 380 g/mol. The number of amides is 2.